The second-order valence-electron chi connectivity index (χ2n) is 4.04. The molecule has 4 heteroatoms. The summed E-state index contributed by atoms with van der Waals surface area (Å²) in [7, 11) is 0. The molecule has 0 aliphatic carbocycles. The summed E-state index contributed by atoms with van der Waals surface area (Å²) in [6, 6.07) is 11.2. The van der Waals surface area contributed by atoms with Gasteiger partial charge in [0.2, 0.25) is 0 Å². The highest BCUT2D eigenvalue weighted by Gasteiger charge is 2.11. The first-order valence-electron chi connectivity index (χ1n) is 5.53. The van der Waals surface area contributed by atoms with Crippen molar-refractivity contribution >= 4 is 28.3 Å². The highest BCUT2D eigenvalue weighted by molar-refractivity contribution is 14.1. The van der Waals surface area contributed by atoms with E-state index in [1.54, 1.807) is 0 Å². The van der Waals surface area contributed by atoms with Crippen LogP contribution in [0.3, 0.4) is 0 Å². The summed E-state index contributed by atoms with van der Waals surface area (Å²) in [6.07, 6.45) is 0. The maximum atomic E-state index is 13.6. The minimum Gasteiger partial charge on any atom is -0.378 e. The van der Waals surface area contributed by atoms with Gasteiger partial charge in [-0.05, 0) is 53.8 Å². The van der Waals surface area contributed by atoms with Gasteiger partial charge in [0.1, 0.15) is 11.6 Å². The minimum absolute atomic E-state index is 0.219. The van der Waals surface area contributed by atoms with Gasteiger partial charge in [-0.25, -0.2) is 8.78 Å². The molecule has 2 aromatic carbocycles. The smallest absolute Gasteiger partial charge is 0.131 e. The molecule has 2 aromatic rings. The van der Waals surface area contributed by atoms with Gasteiger partial charge in [-0.3, -0.25) is 0 Å². The van der Waals surface area contributed by atoms with Crippen LogP contribution in [0.25, 0.3) is 0 Å². The summed E-state index contributed by atoms with van der Waals surface area (Å²) >= 11 is 2.21. The quantitative estimate of drug-likeness (QED) is 0.781. The molecule has 0 radical (unpaired) electrons. The lowest BCUT2D eigenvalue weighted by Crippen LogP contribution is -2.08. The van der Waals surface area contributed by atoms with Crippen LogP contribution < -0.4 is 5.32 Å². The van der Waals surface area contributed by atoms with Gasteiger partial charge in [-0.15, -0.1) is 0 Å². The second-order valence-corrected chi connectivity index (χ2v) is 5.29. The Morgan fingerprint density at radius 3 is 2.56 bits per heavy atom. The third kappa shape index (κ3) is 3.19. The van der Waals surface area contributed by atoms with E-state index in [4.69, 9.17) is 0 Å². The van der Waals surface area contributed by atoms with E-state index in [2.05, 4.69) is 27.9 Å². The SMILES string of the molecule is CC(Nc1cccc(I)c1)c1ccc(F)cc1F. The van der Waals surface area contributed by atoms with Gasteiger partial charge in [0.05, 0.1) is 6.04 Å². The van der Waals surface area contributed by atoms with Gasteiger partial charge in [0.25, 0.3) is 0 Å². The van der Waals surface area contributed by atoms with Crippen molar-refractivity contribution in [3.8, 4) is 0 Å². The lowest BCUT2D eigenvalue weighted by atomic mass is 10.1. The van der Waals surface area contributed by atoms with Crippen molar-refractivity contribution in [3.05, 3.63) is 63.2 Å². The largest absolute Gasteiger partial charge is 0.378 e. The molecule has 2 rings (SSSR count). The molecule has 0 spiro atoms. The van der Waals surface area contributed by atoms with E-state index in [1.807, 2.05) is 31.2 Å². The van der Waals surface area contributed by atoms with E-state index < -0.39 is 11.6 Å². The molecule has 0 heterocycles. The minimum atomic E-state index is -0.558. The topological polar surface area (TPSA) is 12.0 Å². The second kappa shape index (κ2) is 5.65. The van der Waals surface area contributed by atoms with E-state index in [-0.39, 0.29) is 6.04 Å². The summed E-state index contributed by atoms with van der Waals surface area (Å²) in [5, 5.41) is 3.19. The van der Waals surface area contributed by atoms with Gasteiger partial charge in [-0.2, -0.15) is 0 Å². The Morgan fingerprint density at radius 2 is 1.89 bits per heavy atom. The fourth-order valence-electron chi connectivity index (χ4n) is 1.76. The molecular formula is C14H12F2IN. The summed E-state index contributed by atoms with van der Waals surface area (Å²) in [4.78, 5) is 0. The third-order valence-electron chi connectivity index (χ3n) is 2.64. The van der Waals surface area contributed by atoms with Crippen LogP contribution in [0.2, 0.25) is 0 Å². The van der Waals surface area contributed by atoms with Crippen LogP contribution in [0.15, 0.2) is 42.5 Å². The zero-order valence-electron chi connectivity index (χ0n) is 9.75. The van der Waals surface area contributed by atoms with E-state index in [0.717, 1.165) is 15.3 Å². The number of anilines is 1. The molecule has 0 aliphatic rings. The molecule has 0 fully saturated rings. The lowest BCUT2D eigenvalue weighted by molar-refractivity contribution is 0.566. The molecule has 0 saturated heterocycles. The first-order chi connectivity index (χ1) is 8.56. The molecule has 0 amide bonds. The Hall–Kier alpha value is -1.17. The first-order valence-corrected chi connectivity index (χ1v) is 6.61. The van der Waals surface area contributed by atoms with Crippen LogP contribution in [0.4, 0.5) is 14.5 Å². The Labute approximate surface area is 118 Å². The van der Waals surface area contributed by atoms with Crippen LogP contribution in [0.5, 0.6) is 0 Å². The predicted octanol–water partition coefficient (Wildman–Crippen LogP) is 4.74. The number of halogens is 3. The van der Waals surface area contributed by atoms with Gasteiger partial charge in [0.15, 0.2) is 0 Å². The molecular weight excluding hydrogens is 347 g/mol. The van der Waals surface area contributed by atoms with E-state index in [9.17, 15) is 8.78 Å². The lowest BCUT2D eigenvalue weighted by Gasteiger charge is -2.16. The average Bonchev–Trinajstić information content (AvgIpc) is 2.28. The fraction of sp³-hybridized carbons (Fsp3) is 0.143. The maximum absolute atomic E-state index is 13.6. The van der Waals surface area contributed by atoms with Crippen LogP contribution in [0, 0.1) is 15.2 Å². The van der Waals surface area contributed by atoms with Crippen molar-refractivity contribution < 1.29 is 8.78 Å². The summed E-state index contributed by atoms with van der Waals surface area (Å²) in [6.45, 7) is 1.84. The van der Waals surface area contributed by atoms with E-state index in [1.165, 1.54) is 12.1 Å². The fourth-order valence-corrected chi connectivity index (χ4v) is 2.30. The van der Waals surface area contributed by atoms with Gasteiger partial charge >= 0.3 is 0 Å². The van der Waals surface area contributed by atoms with Crippen molar-refractivity contribution in [1.29, 1.82) is 0 Å². The normalized spacial score (nSPS) is 12.2. The van der Waals surface area contributed by atoms with Crippen LogP contribution >= 0.6 is 22.6 Å². The molecule has 0 aromatic heterocycles. The predicted molar refractivity (Wildman–Crippen MR) is 77.6 cm³/mol. The van der Waals surface area contributed by atoms with E-state index in [0.29, 0.717) is 5.56 Å². The molecule has 0 saturated carbocycles. The Balaban J connectivity index is 2.19. The zero-order valence-corrected chi connectivity index (χ0v) is 11.9. The molecule has 1 unspecified atom stereocenters. The first kappa shape index (κ1) is 13.3. The van der Waals surface area contributed by atoms with Crippen LogP contribution in [-0.2, 0) is 0 Å². The van der Waals surface area contributed by atoms with Gasteiger partial charge in [0, 0.05) is 20.9 Å². The number of nitrogens with one attached hydrogen (secondary N) is 1. The summed E-state index contributed by atoms with van der Waals surface area (Å²) < 4.78 is 27.5. The van der Waals surface area contributed by atoms with Crippen LogP contribution in [-0.4, -0.2) is 0 Å². The van der Waals surface area contributed by atoms with Crippen molar-refractivity contribution in [1.82, 2.24) is 0 Å². The molecule has 94 valence electrons. The monoisotopic (exact) mass is 359 g/mol. The van der Waals surface area contributed by atoms with Crippen LogP contribution in [0.1, 0.15) is 18.5 Å². The van der Waals surface area contributed by atoms with Crippen molar-refractivity contribution in [2.24, 2.45) is 0 Å². The van der Waals surface area contributed by atoms with Crippen molar-refractivity contribution in [2.45, 2.75) is 13.0 Å². The number of hydrogen-bond acceptors (Lipinski definition) is 1. The Bertz CT molecular complexity index is 557. The molecule has 0 aliphatic heterocycles. The summed E-state index contributed by atoms with van der Waals surface area (Å²) in [5.41, 5.74) is 1.37. The zero-order chi connectivity index (χ0) is 13.1. The molecule has 1 atom stereocenters. The van der Waals surface area contributed by atoms with E-state index >= 15 is 0 Å². The number of hydrogen-bond donors (Lipinski definition) is 1. The molecule has 1 nitrogen and oxygen atoms in total. The molecule has 18 heavy (non-hydrogen) atoms. The Morgan fingerprint density at radius 1 is 1.11 bits per heavy atom. The third-order valence-corrected chi connectivity index (χ3v) is 3.31. The van der Waals surface area contributed by atoms with Crippen molar-refractivity contribution in [2.75, 3.05) is 5.32 Å². The summed E-state index contributed by atoms with van der Waals surface area (Å²) in [5.74, 6) is -1.08. The highest BCUT2D eigenvalue weighted by Crippen LogP contribution is 2.23. The molecule has 0 bridgehead atoms. The average molecular weight is 359 g/mol. The highest BCUT2D eigenvalue weighted by atomic mass is 127. The standard InChI is InChI=1S/C14H12F2IN/c1-9(13-6-5-10(15)7-14(13)16)18-12-4-2-3-11(17)8-12/h2-9,18H,1H3. The van der Waals surface area contributed by atoms with Gasteiger partial charge in [-0.1, -0.05) is 12.1 Å². The number of benzene rings is 2. The van der Waals surface area contributed by atoms with Gasteiger partial charge < -0.3 is 5.32 Å². The van der Waals surface area contributed by atoms with Crippen molar-refractivity contribution in [3.63, 3.8) is 0 Å². The maximum Gasteiger partial charge on any atom is 0.131 e. The Kier molecular flexibility index (Phi) is 4.16. The molecule has 1 N–H and O–H groups in total. The number of rotatable bonds is 3.